The molecule has 0 saturated heterocycles. The maximum Gasteiger partial charge on any atom is 0.135 e. The zero-order valence-corrected chi connectivity index (χ0v) is 82.2. The Balaban J connectivity index is 0.000000105. The number of hydrogen-bond donors (Lipinski definition) is 0. The van der Waals surface area contributed by atoms with Crippen molar-refractivity contribution in [3.05, 3.63) is 516 Å². The van der Waals surface area contributed by atoms with Gasteiger partial charge >= 0.3 is 0 Å². The molecule has 0 radical (unpaired) electrons. The SMILES string of the molecule is c1ccc(-c2cccc(-n3c4ccc(-c5ccccc5)cc4c4cc(-c5ccc(-c6ccc7sc8ccc(-c9ccccc9)cc8c7c6)cc5)ccc43)c2)cc1.c1ccc2c(c1)oc1ccc(-n3c4ccccc4c4cc(-c5ccc(-c6ccc7sc8ccccc8c7c6)cc5)ccc43)cc12.c1ccc2c(c1)sc1ccc(-c3ccc(-c4ccc5c(c4)c4ccccc4n5-c4ccc5sc6ccccc6c5c4)cc3)cc12. The lowest BCUT2D eigenvalue weighted by Crippen LogP contribution is -1.94. The van der Waals surface area contributed by atoms with Gasteiger partial charge in [-0.3, -0.25) is 0 Å². The molecule has 31 rings (SSSR count). The van der Waals surface area contributed by atoms with Crippen LogP contribution in [-0.2, 0) is 0 Å². The molecule has 8 heterocycles. The summed E-state index contributed by atoms with van der Waals surface area (Å²) in [6.45, 7) is 0. The van der Waals surface area contributed by atoms with E-state index in [2.05, 4.69) is 517 Å². The molecular formula is C138H85N3OS4. The predicted molar refractivity (Wildman–Crippen MR) is 630 cm³/mol. The molecule has 682 valence electrons. The molecule has 0 aliphatic heterocycles. The molecule has 4 nitrogen and oxygen atoms in total. The van der Waals surface area contributed by atoms with Gasteiger partial charge in [-0.05, 0) is 282 Å². The number of thiophene rings is 4. The molecule has 0 bridgehead atoms. The van der Waals surface area contributed by atoms with Crippen LogP contribution in [0.5, 0.6) is 0 Å². The number of nitrogens with zero attached hydrogens (tertiary/aromatic N) is 3. The smallest absolute Gasteiger partial charge is 0.135 e. The molecule has 0 unspecified atom stereocenters. The topological polar surface area (TPSA) is 27.9 Å². The molecule has 0 fully saturated rings. The summed E-state index contributed by atoms with van der Waals surface area (Å²) in [5, 5.41) is 20.4. The number of furan rings is 1. The largest absolute Gasteiger partial charge is 0.456 e. The predicted octanol–water partition coefficient (Wildman–Crippen LogP) is 40.7. The molecule has 0 aliphatic carbocycles. The normalized spacial score (nSPS) is 11.8. The van der Waals surface area contributed by atoms with Crippen molar-refractivity contribution in [1.82, 2.24) is 13.7 Å². The lowest BCUT2D eigenvalue weighted by atomic mass is 9.97. The van der Waals surface area contributed by atoms with E-state index in [1.54, 1.807) is 0 Å². The minimum atomic E-state index is 0.912. The number of aromatic nitrogens is 3. The van der Waals surface area contributed by atoms with Crippen molar-refractivity contribution in [2.24, 2.45) is 0 Å². The third kappa shape index (κ3) is 14.7. The Kier molecular flexibility index (Phi) is 20.4. The van der Waals surface area contributed by atoms with Crippen LogP contribution in [0.2, 0.25) is 0 Å². The zero-order chi connectivity index (χ0) is 96.0. The number of benzene rings is 23. The van der Waals surface area contributed by atoms with Crippen molar-refractivity contribution in [2.75, 3.05) is 0 Å². The second kappa shape index (κ2) is 35.1. The minimum Gasteiger partial charge on any atom is -0.456 e. The Hall–Kier alpha value is -17.9. The average Bonchev–Trinajstić information content (AvgIpc) is 1.59. The lowest BCUT2D eigenvalue weighted by molar-refractivity contribution is 0.669. The molecule has 8 heteroatoms. The van der Waals surface area contributed by atoms with Gasteiger partial charge in [-0.1, -0.05) is 334 Å². The molecule has 31 aromatic rings. The lowest BCUT2D eigenvalue weighted by Gasteiger charge is -2.11. The fraction of sp³-hybridized carbons (Fsp3) is 0. The fourth-order valence-corrected chi connectivity index (χ4v) is 26.8. The van der Waals surface area contributed by atoms with Crippen molar-refractivity contribution in [1.29, 1.82) is 0 Å². The highest BCUT2D eigenvalue weighted by atomic mass is 32.1. The maximum atomic E-state index is 6.12. The van der Waals surface area contributed by atoms with Crippen LogP contribution in [0.4, 0.5) is 0 Å². The summed E-state index contributed by atoms with van der Waals surface area (Å²) in [7, 11) is 0. The van der Waals surface area contributed by atoms with Gasteiger partial charge in [0.05, 0.1) is 33.1 Å². The molecule has 0 spiro atoms. The van der Waals surface area contributed by atoms with E-state index in [0.29, 0.717) is 0 Å². The molecule has 0 amide bonds. The van der Waals surface area contributed by atoms with Gasteiger partial charge in [0, 0.05) is 141 Å². The molecule has 23 aromatic carbocycles. The van der Waals surface area contributed by atoms with Crippen molar-refractivity contribution in [2.45, 2.75) is 0 Å². The van der Waals surface area contributed by atoms with Gasteiger partial charge in [0.25, 0.3) is 0 Å². The third-order valence-electron chi connectivity index (χ3n) is 29.7. The monoisotopic (exact) mass is 1930 g/mol. The Morgan fingerprint density at radius 2 is 0.336 bits per heavy atom. The first-order chi connectivity index (χ1) is 72.3. The van der Waals surface area contributed by atoms with Gasteiger partial charge in [0.1, 0.15) is 11.2 Å². The highest BCUT2D eigenvalue weighted by Gasteiger charge is 2.23. The first kappa shape index (κ1) is 85.0. The molecule has 0 saturated carbocycles. The van der Waals surface area contributed by atoms with E-state index in [9.17, 15) is 0 Å². The maximum absolute atomic E-state index is 6.12. The van der Waals surface area contributed by atoms with Crippen LogP contribution in [0.15, 0.2) is 520 Å². The second-order valence-corrected chi connectivity index (χ2v) is 42.4. The summed E-state index contributed by atoms with van der Waals surface area (Å²) >= 11 is 7.46. The van der Waals surface area contributed by atoms with Gasteiger partial charge in [-0.2, -0.15) is 0 Å². The van der Waals surface area contributed by atoms with Crippen molar-refractivity contribution >= 4 is 213 Å². The molecule has 146 heavy (non-hydrogen) atoms. The average molecular weight is 1930 g/mol. The van der Waals surface area contributed by atoms with Gasteiger partial charge in [-0.15, -0.1) is 45.3 Å². The van der Waals surface area contributed by atoms with Crippen LogP contribution in [0, 0.1) is 0 Å². The highest BCUT2D eigenvalue weighted by Crippen LogP contribution is 2.48. The summed E-state index contributed by atoms with van der Waals surface area (Å²) in [6.07, 6.45) is 0. The van der Waals surface area contributed by atoms with Gasteiger partial charge in [0.15, 0.2) is 0 Å². The Bertz CT molecular complexity index is 10300. The van der Waals surface area contributed by atoms with Crippen molar-refractivity contribution in [3.63, 3.8) is 0 Å². The second-order valence-electron chi connectivity index (χ2n) is 38.0. The number of fused-ring (bicyclic) bond motifs is 24. The summed E-state index contributed by atoms with van der Waals surface area (Å²) in [5.74, 6) is 0. The van der Waals surface area contributed by atoms with E-state index in [-0.39, 0.29) is 0 Å². The quantitative estimate of drug-likeness (QED) is 0.120. The van der Waals surface area contributed by atoms with E-state index in [0.717, 1.165) is 33.3 Å². The molecule has 0 atom stereocenters. The number of para-hydroxylation sites is 3. The van der Waals surface area contributed by atoms with E-state index in [1.807, 2.05) is 57.5 Å². The van der Waals surface area contributed by atoms with Crippen LogP contribution in [0.1, 0.15) is 0 Å². The van der Waals surface area contributed by atoms with Gasteiger partial charge < -0.3 is 18.1 Å². The summed E-state index contributed by atoms with van der Waals surface area (Å²) < 4.78 is 24.0. The molecular weight excluding hydrogens is 1840 g/mol. The molecule has 0 N–H and O–H groups in total. The zero-order valence-electron chi connectivity index (χ0n) is 79.0. The number of rotatable bonds is 12. The highest BCUT2D eigenvalue weighted by molar-refractivity contribution is 7.27. The van der Waals surface area contributed by atoms with Crippen LogP contribution >= 0.6 is 45.3 Å². The van der Waals surface area contributed by atoms with Gasteiger partial charge in [-0.25, -0.2) is 0 Å². The van der Waals surface area contributed by atoms with Crippen LogP contribution in [-0.4, -0.2) is 13.7 Å². The Morgan fingerprint density at radius 3 is 0.705 bits per heavy atom. The summed E-state index contributed by atoms with van der Waals surface area (Å²) in [4.78, 5) is 0. The molecule has 8 aromatic heterocycles. The first-order valence-electron chi connectivity index (χ1n) is 49.7. The standard InChI is InChI=1S/C54H35NS.C42H25NOS.C42H25NS2/c1-4-11-36(12-5-1)41-17-10-18-46(31-41)55-51-27-23-42(37-13-6-2-7-14-37)32-47(51)48-33-43(24-28-52(48)55)39-19-21-40(22-20-39)45-26-30-54-50(35-45)49-34-44(25-29-53(49)56-54)38-15-8-3-9-16-38;1-4-10-37-31(7-1)34-23-28(17-20-38(34)43(37)30-19-21-40-35(25-30)32-8-2-5-11-39(32)44-40)26-13-15-27(16-14-26)29-18-22-42-36(24-29)33-9-3-6-12-41(33)45-42;1-4-10-37-31(7-1)34-23-28(17-20-38(34)43(37)30-19-22-42-36(25-30)33-9-3-6-12-40(33)45-42)26-13-15-27(16-14-26)29-18-21-41-35(24-29)32-8-2-5-11-39(32)44-41/h1-35H;2*1-25H. The van der Waals surface area contributed by atoms with Crippen molar-refractivity contribution < 1.29 is 4.42 Å². The Labute approximate surface area is 857 Å². The van der Waals surface area contributed by atoms with E-state index in [4.69, 9.17) is 4.42 Å². The number of hydrogen-bond acceptors (Lipinski definition) is 5. The van der Waals surface area contributed by atoms with Crippen molar-refractivity contribution in [3.8, 4) is 117 Å². The van der Waals surface area contributed by atoms with Gasteiger partial charge in [0.2, 0.25) is 0 Å². The first-order valence-corrected chi connectivity index (χ1v) is 52.9. The van der Waals surface area contributed by atoms with Crippen LogP contribution < -0.4 is 0 Å². The van der Waals surface area contributed by atoms with E-state index >= 15 is 0 Å². The molecule has 0 aliphatic rings. The van der Waals surface area contributed by atoms with E-state index in [1.165, 1.54) is 252 Å². The Morgan fingerprint density at radius 1 is 0.116 bits per heavy atom. The third-order valence-corrected chi connectivity index (χ3v) is 34.3. The van der Waals surface area contributed by atoms with Crippen LogP contribution in [0.25, 0.3) is 285 Å². The summed E-state index contributed by atoms with van der Waals surface area (Å²) in [6, 6.07) is 189. The van der Waals surface area contributed by atoms with Crippen LogP contribution in [0.3, 0.4) is 0 Å². The fourth-order valence-electron chi connectivity index (χ4n) is 22.5. The van der Waals surface area contributed by atoms with E-state index < -0.39 is 0 Å². The summed E-state index contributed by atoms with van der Waals surface area (Å²) in [5.41, 5.74) is 34.7. The minimum absolute atomic E-state index is 0.912.